The van der Waals surface area contributed by atoms with Gasteiger partial charge < -0.3 is 15.0 Å². The molecule has 1 saturated heterocycles. The van der Waals surface area contributed by atoms with Crippen molar-refractivity contribution in [2.75, 3.05) is 26.7 Å². The van der Waals surface area contributed by atoms with Gasteiger partial charge in [0.15, 0.2) is 0 Å². The van der Waals surface area contributed by atoms with E-state index in [1.54, 1.807) is 0 Å². The van der Waals surface area contributed by atoms with Gasteiger partial charge in [-0.3, -0.25) is 9.69 Å². The van der Waals surface area contributed by atoms with Crippen LogP contribution in [0.5, 0.6) is 0 Å². The van der Waals surface area contributed by atoms with Crippen molar-refractivity contribution in [3.8, 4) is 0 Å². The third kappa shape index (κ3) is 3.06. The van der Waals surface area contributed by atoms with Crippen molar-refractivity contribution in [1.29, 1.82) is 0 Å². The molecule has 0 bridgehead atoms. The summed E-state index contributed by atoms with van der Waals surface area (Å²) in [6.07, 6.45) is 3.81. The van der Waals surface area contributed by atoms with Crippen molar-refractivity contribution in [1.82, 2.24) is 20.2 Å². The smallest absolute Gasteiger partial charge is 0.268 e. The Kier molecular flexibility index (Phi) is 3.96. The predicted octanol–water partition coefficient (Wildman–Crippen LogP) is 1.33. The highest BCUT2D eigenvalue weighted by Gasteiger charge is 2.42. The second kappa shape index (κ2) is 5.98. The molecule has 1 spiro atoms. The Hall–Kier alpha value is -1.28. The van der Waals surface area contributed by atoms with Gasteiger partial charge in [0, 0.05) is 19.6 Å². The van der Waals surface area contributed by atoms with Crippen molar-refractivity contribution in [2.24, 2.45) is 0 Å². The molecule has 1 unspecified atom stereocenters. The maximum Gasteiger partial charge on any atom is 0.268 e. The highest BCUT2D eigenvalue weighted by Crippen LogP contribution is 2.37. The zero-order valence-corrected chi connectivity index (χ0v) is 14.1. The molecule has 4 rings (SSSR count). The Morgan fingerprint density at radius 3 is 3.17 bits per heavy atom. The fourth-order valence-electron chi connectivity index (χ4n) is 3.53. The molecule has 124 valence electrons. The van der Waals surface area contributed by atoms with E-state index in [4.69, 9.17) is 4.74 Å². The molecule has 3 heterocycles. The molecule has 1 atom stereocenters. The SMILES string of the molecule is CN(Cc1nc2ccsc2c(=O)[nH]1)CC1CNCC2(CCC2)O1. The number of aromatic amines is 1. The molecule has 1 aliphatic carbocycles. The lowest BCUT2D eigenvalue weighted by Gasteiger charge is -2.48. The normalized spacial score (nSPS) is 23.5. The molecule has 1 saturated carbocycles. The number of hydrogen-bond donors (Lipinski definition) is 2. The Morgan fingerprint density at radius 2 is 2.39 bits per heavy atom. The fourth-order valence-corrected chi connectivity index (χ4v) is 4.26. The molecule has 2 aromatic heterocycles. The lowest BCUT2D eigenvalue weighted by Crippen LogP contribution is -2.59. The second-order valence-electron chi connectivity index (χ2n) is 6.75. The van der Waals surface area contributed by atoms with Gasteiger partial charge in [0.2, 0.25) is 0 Å². The van der Waals surface area contributed by atoms with Crippen LogP contribution in [-0.4, -0.2) is 53.3 Å². The third-order valence-electron chi connectivity index (χ3n) is 4.80. The molecular weight excluding hydrogens is 312 g/mol. The summed E-state index contributed by atoms with van der Waals surface area (Å²) < 4.78 is 7.00. The van der Waals surface area contributed by atoms with Crippen LogP contribution in [0.2, 0.25) is 0 Å². The van der Waals surface area contributed by atoms with Crippen LogP contribution in [-0.2, 0) is 11.3 Å². The summed E-state index contributed by atoms with van der Waals surface area (Å²) in [5.41, 5.74) is 0.829. The number of ether oxygens (including phenoxy) is 1. The third-order valence-corrected chi connectivity index (χ3v) is 5.70. The van der Waals surface area contributed by atoms with Gasteiger partial charge in [0.05, 0.1) is 23.8 Å². The van der Waals surface area contributed by atoms with E-state index in [1.807, 2.05) is 18.5 Å². The van der Waals surface area contributed by atoms with Gasteiger partial charge in [-0.2, -0.15) is 0 Å². The summed E-state index contributed by atoms with van der Waals surface area (Å²) in [5.74, 6) is 0.713. The summed E-state index contributed by atoms with van der Waals surface area (Å²) in [4.78, 5) is 21.6. The molecule has 6 nitrogen and oxygen atoms in total. The van der Waals surface area contributed by atoms with Gasteiger partial charge in [-0.1, -0.05) is 0 Å². The largest absolute Gasteiger partial charge is 0.368 e. The molecule has 1 aliphatic heterocycles. The van der Waals surface area contributed by atoms with E-state index in [2.05, 4.69) is 20.2 Å². The Balaban J connectivity index is 1.40. The van der Waals surface area contributed by atoms with Crippen molar-refractivity contribution >= 4 is 21.6 Å². The fraction of sp³-hybridized carbons (Fsp3) is 0.625. The van der Waals surface area contributed by atoms with E-state index in [-0.39, 0.29) is 17.3 Å². The summed E-state index contributed by atoms with van der Waals surface area (Å²) in [5, 5.41) is 5.41. The van der Waals surface area contributed by atoms with E-state index < -0.39 is 0 Å². The molecule has 2 fully saturated rings. The maximum absolute atomic E-state index is 12.0. The van der Waals surface area contributed by atoms with Gasteiger partial charge in [-0.15, -0.1) is 11.3 Å². The molecule has 7 heteroatoms. The first-order valence-corrected chi connectivity index (χ1v) is 9.05. The van der Waals surface area contributed by atoms with E-state index >= 15 is 0 Å². The minimum atomic E-state index is -0.0441. The van der Waals surface area contributed by atoms with Crippen LogP contribution in [0.15, 0.2) is 16.2 Å². The summed E-state index contributed by atoms with van der Waals surface area (Å²) in [7, 11) is 2.04. The van der Waals surface area contributed by atoms with Gasteiger partial charge in [0.25, 0.3) is 5.56 Å². The van der Waals surface area contributed by atoms with E-state index in [0.29, 0.717) is 17.1 Å². The molecule has 0 amide bonds. The first-order valence-electron chi connectivity index (χ1n) is 8.17. The minimum absolute atomic E-state index is 0.0441. The van der Waals surface area contributed by atoms with Crippen LogP contribution in [0.25, 0.3) is 10.2 Å². The van der Waals surface area contributed by atoms with Crippen molar-refractivity contribution < 1.29 is 4.74 Å². The molecule has 0 aromatic carbocycles. The average molecular weight is 334 g/mol. The van der Waals surface area contributed by atoms with Gasteiger partial charge in [-0.25, -0.2) is 4.98 Å². The summed E-state index contributed by atoms with van der Waals surface area (Å²) in [6, 6.07) is 1.90. The van der Waals surface area contributed by atoms with E-state index in [9.17, 15) is 4.79 Å². The highest BCUT2D eigenvalue weighted by atomic mass is 32.1. The first kappa shape index (κ1) is 15.3. The predicted molar refractivity (Wildman–Crippen MR) is 90.9 cm³/mol. The molecule has 0 radical (unpaired) electrons. The number of nitrogens with zero attached hydrogens (tertiary/aromatic N) is 2. The number of fused-ring (bicyclic) bond motifs is 1. The minimum Gasteiger partial charge on any atom is -0.368 e. The topological polar surface area (TPSA) is 70.2 Å². The Morgan fingerprint density at radius 1 is 1.52 bits per heavy atom. The lowest BCUT2D eigenvalue weighted by atomic mass is 9.79. The van der Waals surface area contributed by atoms with Gasteiger partial charge in [0.1, 0.15) is 10.5 Å². The Labute approximate surface area is 138 Å². The van der Waals surface area contributed by atoms with Gasteiger partial charge in [-0.05, 0) is 37.8 Å². The molecule has 23 heavy (non-hydrogen) atoms. The lowest BCUT2D eigenvalue weighted by molar-refractivity contribution is -0.161. The molecule has 2 aromatic rings. The van der Waals surface area contributed by atoms with Crippen LogP contribution in [0.1, 0.15) is 25.1 Å². The van der Waals surface area contributed by atoms with Crippen molar-refractivity contribution in [2.45, 2.75) is 37.5 Å². The standard InChI is InChI=1S/C16H22N4O2S/c1-20(8-11-7-17-10-16(22-11)4-2-5-16)9-13-18-12-3-6-23-14(12)15(21)19-13/h3,6,11,17H,2,4-5,7-10H2,1H3,(H,18,19,21). The number of nitrogens with one attached hydrogen (secondary N) is 2. The van der Waals surface area contributed by atoms with Crippen LogP contribution in [0, 0.1) is 0 Å². The van der Waals surface area contributed by atoms with Crippen LogP contribution in [0.4, 0.5) is 0 Å². The van der Waals surface area contributed by atoms with Crippen molar-refractivity contribution in [3.05, 3.63) is 27.6 Å². The molecule has 2 N–H and O–H groups in total. The number of morpholine rings is 1. The summed E-state index contributed by atoms with van der Waals surface area (Å²) >= 11 is 1.43. The van der Waals surface area contributed by atoms with Crippen LogP contribution >= 0.6 is 11.3 Å². The quantitative estimate of drug-likeness (QED) is 0.883. The zero-order chi connectivity index (χ0) is 15.9. The zero-order valence-electron chi connectivity index (χ0n) is 13.3. The van der Waals surface area contributed by atoms with E-state index in [1.165, 1.54) is 30.6 Å². The maximum atomic E-state index is 12.0. The number of rotatable bonds is 4. The highest BCUT2D eigenvalue weighted by molar-refractivity contribution is 7.17. The number of hydrogen-bond acceptors (Lipinski definition) is 6. The van der Waals surface area contributed by atoms with Crippen molar-refractivity contribution in [3.63, 3.8) is 0 Å². The number of aromatic nitrogens is 2. The van der Waals surface area contributed by atoms with E-state index in [0.717, 1.165) is 25.2 Å². The number of H-pyrrole nitrogens is 1. The molecular formula is C16H22N4O2S. The summed E-state index contributed by atoms with van der Waals surface area (Å²) in [6.45, 7) is 3.32. The average Bonchev–Trinajstić information content (AvgIpc) is 2.94. The number of thiophene rings is 1. The van der Waals surface area contributed by atoms with Crippen LogP contribution < -0.4 is 10.9 Å². The van der Waals surface area contributed by atoms with Crippen LogP contribution in [0.3, 0.4) is 0 Å². The first-order chi connectivity index (χ1) is 11.1. The van der Waals surface area contributed by atoms with Gasteiger partial charge >= 0.3 is 0 Å². The second-order valence-corrected chi connectivity index (χ2v) is 7.67. The monoisotopic (exact) mass is 334 g/mol. The number of likely N-dealkylation sites (N-methyl/N-ethyl adjacent to an activating group) is 1. The molecule has 2 aliphatic rings. The Bertz CT molecular complexity index is 752.